The lowest BCUT2D eigenvalue weighted by atomic mass is 10.0. The van der Waals surface area contributed by atoms with Crippen LogP contribution in [0.25, 0.3) is 0 Å². The smallest absolute Gasteiger partial charge is 0.405 e. The van der Waals surface area contributed by atoms with Crippen molar-refractivity contribution in [2.45, 2.75) is 6.04 Å². The third kappa shape index (κ3) is 4.16. The van der Waals surface area contributed by atoms with Crippen LogP contribution in [-0.2, 0) is 0 Å². The summed E-state index contributed by atoms with van der Waals surface area (Å²) in [7, 11) is 0. The molecule has 2 heterocycles. The second kappa shape index (κ2) is 7.51. The third-order valence-corrected chi connectivity index (χ3v) is 4.71. The molecule has 1 aromatic rings. The van der Waals surface area contributed by atoms with Crippen molar-refractivity contribution in [3.05, 3.63) is 29.8 Å². The van der Waals surface area contributed by atoms with E-state index in [1.807, 2.05) is 0 Å². The van der Waals surface area contributed by atoms with Crippen molar-refractivity contribution in [1.82, 2.24) is 15.5 Å². The predicted molar refractivity (Wildman–Crippen MR) is 87.9 cm³/mol. The molecule has 0 radical (unpaired) electrons. The van der Waals surface area contributed by atoms with Crippen molar-refractivity contribution in [3.63, 3.8) is 0 Å². The van der Waals surface area contributed by atoms with Gasteiger partial charge in [-0.1, -0.05) is 0 Å². The molecular weight excluding hydrogens is 308 g/mol. The SMILES string of the molecule is N#Cc1ccc(OC[C@H](CN2CC3CNCC3C2)NC(=O)O)cc1. The zero-order valence-corrected chi connectivity index (χ0v) is 13.4. The highest BCUT2D eigenvalue weighted by Crippen LogP contribution is 2.26. The summed E-state index contributed by atoms with van der Waals surface area (Å²) in [4.78, 5) is 13.4. The normalized spacial score (nSPS) is 24.1. The Balaban J connectivity index is 1.53. The fourth-order valence-electron chi connectivity index (χ4n) is 3.55. The molecule has 1 amide bonds. The minimum atomic E-state index is -1.04. The van der Waals surface area contributed by atoms with Crippen LogP contribution >= 0.6 is 0 Å². The van der Waals surface area contributed by atoms with Crippen molar-refractivity contribution in [1.29, 1.82) is 5.26 Å². The van der Waals surface area contributed by atoms with Crippen LogP contribution in [0.1, 0.15) is 5.56 Å². The first-order chi connectivity index (χ1) is 11.6. The van der Waals surface area contributed by atoms with E-state index >= 15 is 0 Å². The van der Waals surface area contributed by atoms with E-state index in [4.69, 9.17) is 15.1 Å². The van der Waals surface area contributed by atoms with Crippen LogP contribution in [0.5, 0.6) is 5.75 Å². The Morgan fingerprint density at radius 2 is 2.04 bits per heavy atom. The van der Waals surface area contributed by atoms with Crippen molar-refractivity contribution >= 4 is 6.09 Å². The van der Waals surface area contributed by atoms with Crippen LogP contribution < -0.4 is 15.4 Å². The molecule has 24 heavy (non-hydrogen) atoms. The monoisotopic (exact) mass is 330 g/mol. The molecule has 0 aliphatic carbocycles. The number of nitrogens with zero attached hydrogens (tertiary/aromatic N) is 2. The van der Waals surface area contributed by atoms with Gasteiger partial charge in [0.2, 0.25) is 0 Å². The van der Waals surface area contributed by atoms with E-state index < -0.39 is 6.09 Å². The van der Waals surface area contributed by atoms with Gasteiger partial charge < -0.3 is 25.4 Å². The summed E-state index contributed by atoms with van der Waals surface area (Å²) in [5.74, 6) is 1.98. The minimum Gasteiger partial charge on any atom is -0.491 e. The Kier molecular flexibility index (Phi) is 5.18. The van der Waals surface area contributed by atoms with Gasteiger partial charge in [0.25, 0.3) is 0 Å². The van der Waals surface area contributed by atoms with Gasteiger partial charge in [0, 0.05) is 19.6 Å². The summed E-state index contributed by atoms with van der Waals surface area (Å²) in [6.07, 6.45) is -1.04. The van der Waals surface area contributed by atoms with Gasteiger partial charge in [-0.05, 0) is 49.2 Å². The number of fused-ring (bicyclic) bond motifs is 1. The maximum absolute atomic E-state index is 11.0. The van der Waals surface area contributed by atoms with Gasteiger partial charge >= 0.3 is 6.09 Å². The Labute approximate surface area is 141 Å². The van der Waals surface area contributed by atoms with Crippen molar-refractivity contribution in [3.8, 4) is 11.8 Å². The summed E-state index contributed by atoms with van der Waals surface area (Å²) >= 11 is 0. The lowest BCUT2D eigenvalue weighted by molar-refractivity contribution is 0.167. The van der Waals surface area contributed by atoms with Crippen molar-refractivity contribution in [2.75, 3.05) is 39.3 Å². The van der Waals surface area contributed by atoms with E-state index in [-0.39, 0.29) is 12.6 Å². The Bertz CT molecular complexity index is 601. The van der Waals surface area contributed by atoms with Gasteiger partial charge in [-0.3, -0.25) is 0 Å². The lowest BCUT2D eigenvalue weighted by Gasteiger charge is -2.24. The number of carbonyl (C=O) groups is 1. The molecule has 2 aliphatic rings. The Morgan fingerprint density at radius 1 is 1.38 bits per heavy atom. The fourth-order valence-corrected chi connectivity index (χ4v) is 3.55. The maximum atomic E-state index is 11.0. The average Bonchev–Trinajstić information content (AvgIpc) is 3.14. The van der Waals surface area contributed by atoms with Crippen LogP contribution in [0.3, 0.4) is 0 Å². The van der Waals surface area contributed by atoms with Crippen LogP contribution in [-0.4, -0.2) is 61.5 Å². The molecule has 3 rings (SSSR count). The number of hydrogen-bond donors (Lipinski definition) is 3. The van der Waals surface area contributed by atoms with Gasteiger partial charge in [-0.25, -0.2) is 4.79 Å². The highest BCUT2D eigenvalue weighted by Gasteiger charge is 2.36. The molecule has 0 saturated carbocycles. The first-order valence-electron chi connectivity index (χ1n) is 8.19. The number of carboxylic acid groups (broad SMARTS) is 1. The summed E-state index contributed by atoms with van der Waals surface area (Å²) in [5, 5.41) is 23.8. The minimum absolute atomic E-state index is 0.266. The topological polar surface area (TPSA) is 97.6 Å². The first kappa shape index (κ1) is 16.6. The molecule has 2 unspecified atom stereocenters. The quantitative estimate of drug-likeness (QED) is 0.711. The number of benzene rings is 1. The molecule has 7 nitrogen and oxygen atoms in total. The summed E-state index contributed by atoms with van der Waals surface area (Å²) in [5.41, 5.74) is 0.569. The van der Waals surface area contributed by atoms with E-state index in [1.165, 1.54) is 0 Å². The summed E-state index contributed by atoms with van der Waals surface area (Å²) in [6, 6.07) is 8.59. The molecule has 1 aromatic carbocycles. The second-order valence-corrected chi connectivity index (χ2v) is 6.49. The molecule has 2 fully saturated rings. The number of nitriles is 1. The summed E-state index contributed by atoms with van der Waals surface area (Å²) in [6.45, 7) is 5.04. The van der Waals surface area contributed by atoms with E-state index in [0.29, 0.717) is 29.7 Å². The molecular formula is C17H22N4O3. The Hall–Kier alpha value is -2.30. The number of likely N-dealkylation sites (tertiary alicyclic amines) is 1. The zero-order chi connectivity index (χ0) is 16.9. The Morgan fingerprint density at radius 3 is 2.62 bits per heavy atom. The van der Waals surface area contributed by atoms with Crippen LogP contribution in [0.15, 0.2) is 24.3 Å². The fraction of sp³-hybridized carbons (Fsp3) is 0.529. The average molecular weight is 330 g/mol. The number of rotatable bonds is 6. The van der Waals surface area contributed by atoms with Gasteiger partial charge in [0.05, 0.1) is 17.7 Å². The molecule has 3 atom stereocenters. The molecule has 2 saturated heterocycles. The van der Waals surface area contributed by atoms with E-state index in [0.717, 1.165) is 26.2 Å². The molecule has 128 valence electrons. The third-order valence-electron chi connectivity index (χ3n) is 4.71. The zero-order valence-electron chi connectivity index (χ0n) is 13.4. The first-order valence-corrected chi connectivity index (χ1v) is 8.19. The molecule has 7 heteroatoms. The van der Waals surface area contributed by atoms with Crippen molar-refractivity contribution < 1.29 is 14.6 Å². The van der Waals surface area contributed by atoms with Gasteiger partial charge in [0.1, 0.15) is 12.4 Å². The van der Waals surface area contributed by atoms with Gasteiger partial charge in [-0.15, -0.1) is 0 Å². The molecule has 0 aromatic heterocycles. The molecule has 0 spiro atoms. The number of amides is 1. The highest BCUT2D eigenvalue weighted by molar-refractivity contribution is 5.64. The predicted octanol–water partition coefficient (Wildman–Crippen LogP) is 0.724. The molecule has 2 aliphatic heterocycles. The van der Waals surface area contributed by atoms with Crippen LogP contribution in [0, 0.1) is 23.2 Å². The molecule has 0 bridgehead atoms. The number of ether oxygens (including phenoxy) is 1. The van der Waals surface area contributed by atoms with Crippen molar-refractivity contribution in [2.24, 2.45) is 11.8 Å². The van der Waals surface area contributed by atoms with Gasteiger partial charge in [-0.2, -0.15) is 5.26 Å². The van der Waals surface area contributed by atoms with E-state index in [2.05, 4.69) is 21.6 Å². The lowest BCUT2D eigenvalue weighted by Crippen LogP contribution is -2.46. The second-order valence-electron chi connectivity index (χ2n) is 6.49. The van der Waals surface area contributed by atoms with E-state index in [1.54, 1.807) is 24.3 Å². The van der Waals surface area contributed by atoms with Gasteiger partial charge in [0.15, 0.2) is 0 Å². The molecule has 3 N–H and O–H groups in total. The highest BCUT2D eigenvalue weighted by atomic mass is 16.5. The van der Waals surface area contributed by atoms with E-state index in [9.17, 15) is 4.79 Å². The largest absolute Gasteiger partial charge is 0.491 e. The van der Waals surface area contributed by atoms with Crippen LogP contribution in [0.2, 0.25) is 0 Å². The standard InChI is InChI=1S/C17H22N4O3/c18-5-12-1-3-16(4-2-12)24-11-15(20-17(22)23)10-21-8-13-6-19-7-14(13)9-21/h1-4,13-15,19-20H,6-11H2,(H,22,23)/t13?,14?,15-/m0/s1. The summed E-state index contributed by atoms with van der Waals surface area (Å²) < 4.78 is 5.70. The number of nitrogens with one attached hydrogen (secondary N) is 2. The number of hydrogen-bond acceptors (Lipinski definition) is 5. The van der Waals surface area contributed by atoms with Crippen LogP contribution in [0.4, 0.5) is 4.79 Å². The maximum Gasteiger partial charge on any atom is 0.405 e.